The van der Waals surface area contributed by atoms with Crippen LogP contribution in [0.5, 0.6) is 0 Å². The Labute approximate surface area is 103 Å². The van der Waals surface area contributed by atoms with Gasteiger partial charge >= 0.3 is 6.03 Å². The Morgan fingerprint density at radius 3 is 2.44 bits per heavy atom. The van der Waals surface area contributed by atoms with Gasteiger partial charge in [0.25, 0.3) is 0 Å². The van der Waals surface area contributed by atoms with E-state index in [-0.39, 0.29) is 24.5 Å². The molecule has 2 unspecified atom stereocenters. The molecule has 0 aliphatic rings. The number of carbonyl (C=O) groups excluding carboxylic acids is 1. The molecule has 0 aliphatic carbocycles. The molecule has 0 bridgehead atoms. The zero-order chi connectivity index (χ0) is 12.8. The first-order valence-electron chi connectivity index (χ1n) is 5.55. The predicted molar refractivity (Wildman–Crippen MR) is 69.8 cm³/mol. The molecule has 0 aromatic heterocycles. The summed E-state index contributed by atoms with van der Waals surface area (Å²) >= 11 is 1.69. The second-order valence-electron chi connectivity index (χ2n) is 4.70. The third kappa shape index (κ3) is 6.23. The molecule has 2 amide bonds. The van der Waals surface area contributed by atoms with Gasteiger partial charge in [0.2, 0.25) is 0 Å². The fourth-order valence-electron chi connectivity index (χ4n) is 1.03. The van der Waals surface area contributed by atoms with Gasteiger partial charge in [0, 0.05) is 18.3 Å². The van der Waals surface area contributed by atoms with Gasteiger partial charge in [-0.15, -0.1) is 0 Å². The summed E-state index contributed by atoms with van der Waals surface area (Å²) in [5, 5.41) is 15.4. The fourth-order valence-corrected chi connectivity index (χ4v) is 1.61. The summed E-state index contributed by atoms with van der Waals surface area (Å²) in [6.07, 6.45) is 2.00. The van der Waals surface area contributed by atoms with Gasteiger partial charge in [0.05, 0.1) is 5.60 Å². The summed E-state index contributed by atoms with van der Waals surface area (Å²) in [6, 6.07) is -0.0820. The summed E-state index contributed by atoms with van der Waals surface area (Å²) in [7, 11) is 0. The largest absolute Gasteiger partial charge is 0.388 e. The van der Waals surface area contributed by atoms with E-state index in [9.17, 15) is 9.90 Å². The van der Waals surface area contributed by atoms with Crippen LogP contribution in [0.4, 0.5) is 4.79 Å². The zero-order valence-electron chi connectivity index (χ0n) is 10.8. The van der Waals surface area contributed by atoms with Crippen molar-refractivity contribution in [3.05, 3.63) is 0 Å². The van der Waals surface area contributed by atoms with Crippen LogP contribution in [-0.2, 0) is 0 Å². The van der Waals surface area contributed by atoms with Crippen LogP contribution in [0.3, 0.4) is 0 Å². The molecule has 2 atom stereocenters. The minimum absolute atomic E-state index is 0.108. The van der Waals surface area contributed by atoms with Crippen LogP contribution in [0.25, 0.3) is 0 Å². The molecule has 16 heavy (non-hydrogen) atoms. The van der Waals surface area contributed by atoms with Gasteiger partial charge in [0.1, 0.15) is 0 Å². The average Bonchev–Trinajstić information content (AvgIpc) is 2.15. The Morgan fingerprint density at radius 2 is 2.00 bits per heavy atom. The van der Waals surface area contributed by atoms with Crippen molar-refractivity contribution in [2.75, 3.05) is 18.6 Å². The second-order valence-corrected chi connectivity index (χ2v) is 5.61. The molecule has 4 nitrogen and oxygen atoms in total. The van der Waals surface area contributed by atoms with Gasteiger partial charge < -0.3 is 15.7 Å². The van der Waals surface area contributed by atoms with E-state index in [1.807, 2.05) is 27.0 Å². The standard InChI is InChI=1S/C11H24N2O2S/c1-8(2)11(4,15)7-12-10(14)13-9(3)6-16-5/h8-9,15H,6-7H2,1-5H3,(H2,12,13,14). The smallest absolute Gasteiger partial charge is 0.315 e. The predicted octanol–water partition coefficient (Wildman–Crippen LogP) is 1.44. The SMILES string of the molecule is CSCC(C)NC(=O)NCC(C)(O)C(C)C. The normalized spacial score (nSPS) is 16.7. The average molecular weight is 248 g/mol. The lowest BCUT2D eigenvalue weighted by Crippen LogP contribution is -2.49. The van der Waals surface area contributed by atoms with Gasteiger partial charge in [-0.25, -0.2) is 4.79 Å². The maximum Gasteiger partial charge on any atom is 0.315 e. The number of urea groups is 1. The fraction of sp³-hybridized carbons (Fsp3) is 0.909. The number of hydrogen-bond donors (Lipinski definition) is 3. The number of amides is 2. The van der Waals surface area contributed by atoms with Crippen molar-refractivity contribution in [3.8, 4) is 0 Å². The Balaban J connectivity index is 3.90. The lowest BCUT2D eigenvalue weighted by molar-refractivity contribution is 0.0165. The van der Waals surface area contributed by atoms with Crippen molar-refractivity contribution in [3.63, 3.8) is 0 Å². The number of carbonyl (C=O) groups is 1. The molecule has 0 saturated carbocycles. The van der Waals surface area contributed by atoms with Crippen LogP contribution in [0.1, 0.15) is 27.7 Å². The van der Waals surface area contributed by atoms with E-state index in [0.29, 0.717) is 0 Å². The summed E-state index contributed by atoms with van der Waals surface area (Å²) in [5.74, 6) is 0.991. The van der Waals surface area contributed by atoms with E-state index >= 15 is 0 Å². The first-order chi connectivity index (χ1) is 7.29. The van der Waals surface area contributed by atoms with Gasteiger partial charge in [-0.05, 0) is 26.0 Å². The van der Waals surface area contributed by atoms with Crippen LogP contribution in [-0.4, -0.2) is 41.3 Å². The van der Waals surface area contributed by atoms with E-state index in [1.165, 1.54) is 0 Å². The van der Waals surface area contributed by atoms with E-state index in [4.69, 9.17) is 0 Å². The number of rotatable bonds is 6. The maximum atomic E-state index is 11.5. The van der Waals surface area contributed by atoms with Crippen molar-refractivity contribution in [2.24, 2.45) is 5.92 Å². The van der Waals surface area contributed by atoms with Crippen molar-refractivity contribution < 1.29 is 9.90 Å². The first kappa shape index (κ1) is 15.6. The highest BCUT2D eigenvalue weighted by Gasteiger charge is 2.25. The number of thioether (sulfide) groups is 1. The molecule has 96 valence electrons. The van der Waals surface area contributed by atoms with E-state index < -0.39 is 5.60 Å². The van der Waals surface area contributed by atoms with Gasteiger partial charge in [-0.1, -0.05) is 13.8 Å². The highest BCUT2D eigenvalue weighted by atomic mass is 32.2. The summed E-state index contributed by atoms with van der Waals surface area (Å²) in [6.45, 7) is 7.80. The Bertz CT molecular complexity index is 220. The quantitative estimate of drug-likeness (QED) is 0.666. The number of hydrogen-bond acceptors (Lipinski definition) is 3. The maximum absolute atomic E-state index is 11.5. The molecule has 0 aliphatic heterocycles. The van der Waals surface area contributed by atoms with Gasteiger partial charge in [0.15, 0.2) is 0 Å². The molecular weight excluding hydrogens is 224 g/mol. The number of aliphatic hydroxyl groups is 1. The van der Waals surface area contributed by atoms with E-state index in [1.54, 1.807) is 18.7 Å². The van der Waals surface area contributed by atoms with E-state index in [2.05, 4.69) is 10.6 Å². The summed E-state index contributed by atoms with van der Waals surface area (Å²) in [4.78, 5) is 11.5. The minimum atomic E-state index is -0.861. The Hall–Kier alpha value is -0.420. The molecule has 5 heteroatoms. The van der Waals surface area contributed by atoms with Crippen LogP contribution in [0.2, 0.25) is 0 Å². The second kappa shape index (κ2) is 7.01. The van der Waals surface area contributed by atoms with Gasteiger partial charge in [-0.2, -0.15) is 11.8 Å². The molecule has 0 rings (SSSR count). The monoisotopic (exact) mass is 248 g/mol. The van der Waals surface area contributed by atoms with Crippen molar-refractivity contribution in [1.82, 2.24) is 10.6 Å². The summed E-state index contributed by atoms with van der Waals surface area (Å²) in [5.41, 5.74) is -0.861. The Morgan fingerprint density at radius 1 is 1.44 bits per heavy atom. The Kier molecular flexibility index (Phi) is 6.83. The molecule has 3 N–H and O–H groups in total. The van der Waals surface area contributed by atoms with Gasteiger partial charge in [-0.3, -0.25) is 0 Å². The van der Waals surface area contributed by atoms with E-state index in [0.717, 1.165) is 5.75 Å². The molecule has 0 heterocycles. The van der Waals surface area contributed by atoms with Crippen LogP contribution >= 0.6 is 11.8 Å². The minimum Gasteiger partial charge on any atom is -0.388 e. The lowest BCUT2D eigenvalue weighted by Gasteiger charge is -2.28. The third-order valence-electron chi connectivity index (χ3n) is 2.64. The topological polar surface area (TPSA) is 61.4 Å². The van der Waals surface area contributed by atoms with Crippen molar-refractivity contribution in [1.29, 1.82) is 0 Å². The first-order valence-corrected chi connectivity index (χ1v) is 6.94. The highest BCUT2D eigenvalue weighted by molar-refractivity contribution is 7.98. The van der Waals surface area contributed by atoms with Crippen LogP contribution < -0.4 is 10.6 Å². The lowest BCUT2D eigenvalue weighted by atomic mass is 9.93. The third-order valence-corrected chi connectivity index (χ3v) is 3.48. The molecule has 0 fully saturated rings. The van der Waals surface area contributed by atoms with Crippen LogP contribution in [0, 0.1) is 5.92 Å². The number of nitrogens with one attached hydrogen (secondary N) is 2. The molecule has 0 saturated heterocycles. The molecular formula is C11H24N2O2S. The zero-order valence-corrected chi connectivity index (χ0v) is 11.6. The molecule has 0 aromatic rings. The highest BCUT2D eigenvalue weighted by Crippen LogP contribution is 2.14. The molecule has 0 radical (unpaired) electrons. The van der Waals surface area contributed by atoms with Crippen molar-refractivity contribution >= 4 is 17.8 Å². The molecule has 0 aromatic carbocycles. The van der Waals surface area contributed by atoms with Crippen molar-refractivity contribution in [2.45, 2.75) is 39.3 Å². The van der Waals surface area contributed by atoms with Crippen LogP contribution in [0.15, 0.2) is 0 Å². The summed E-state index contributed by atoms with van der Waals surface area (Å²) < 4.78 is 0. The molecule has 0 spiro atoms.